The second-order valence-corrected chi connectivity index (χ2v) is 8.66. The molecule has 24 heavy (non-hydrogen) atoms. The van der Waals surface area contributed by atoms with Crippen LogP contribution in [-0.4, -0.2) is 30.3 Å². The van der Waals surface area contributed by atoms with Crippen LogP contribution in [-0.2, 0) is 6.42 Å². The van der Waals surface area contributed by atoms with Crippen LogP contribution in [0.15, 0.2) is 48.5 Å². The van der Waals surface area contributed by atoms with E-state index in [1.807, 2.05) is 12.1 Å². The highest BCUT2D eigenvalue weighted by molar-refractivity contribution is 8.17. The Kier molecular flexibility index (Phi) is 6.38. The minimum absolute atomic E-state index is 0.434. The molecule has 2 nitrogen and oxygen atoms in total. The average Bonchev–Trinajstić information content (AvgIpc) is 2.67. The average molecular weight is 361 g/mol. The zero-order chi connectivity index (χ0) is 16.8. The van der Waals surface area contributed by atoms with Crippen LogP contribution in [0.2, 0.25) is 0 Å². The highest BCUT2D eigenvalue weighted by atomic mass is 32.2. The maximum absolute atomic E-state index is 5.70. The van der Waals surface area contributed by atoms with Gasteiger partial charge in [-0.2, -0.15) is 0 Å². The molecule has 0 bridgehead atoms. The minimum atomic E-state index is 0.434. The van der Waals surface area contributed by atoms with Gasteiger partial charge in [0.2, 0.25) is 0 Å². The molecule has 128 valence electrons. The maximum atomic E-state index is 5.70. The van der Waals surface area contributed by atoms with Crippen LogP contribution in [0.3, 0.4) is 0 Å². The van der Waals surface area contributed by atoms with Crippen molar-refractivity contribution in [3.8, 4) is 11.5 Å². The first-order valence-electron chi connectivity index (χ1n) is 8.31. The Labute approximate surface area is 153 Å². The Balaban J connectivity index is 1.94. The van der Waals surface area contributed by atoms with Crippen molar-refractivity contribution in [2.75, 3.05) is 25.7 Å². The van der Waals surface area contributed by atoms with E-state index >= 15 is 0 Å². The van der Waals surface area contributed by atoms with Gasteiger partial charge in [0.25, 0.3) is 0 Å². The number of methoxy groups -OCH3 is 2. The fourth-order valence-corrected chi connectivity index (χ4v) is 6.27. The smallest absolute Gasteiger partial charge is 0.126 e. The summed E-state index contributed by atoms with van der Waals surface area (Å²) in [6, 6.07) is 17.0. The lowest BCUT2D eigenvalue weighted by Gasteiger charge is -2.31. The first kappa shape index (κ1) is 17.6. The lowest BCUT2D eigenvalue weighted by atomic mass is 9.92. The van der Waals surface area contributed by atoms with Gasteiger partial charge in [-0.05, 0) is 41.5 Å². The molecule has 4 heteroatoms. The molecular weight excluding hydrogens is 336 g/mol. The van der Waals surface area contributed by atoms with Crippen LogP contribution < -0.4 is 9.47 Å². The second kappa shape index (κ2) is 8.72. The van der Waals surface area contributed by atoms with Crippen molar-refractivity contribution in [2.45, 2.75) is 23.3 Å². The lowest BCUT2D eigenvalue weighted by molar-refractivity contribution is 0.388. The Bertz CT molecular complexity index is 639. The summed E-state index contributed by atoms with van der Waals surface area (Å²) in [4.78, 5) is 0. The van der Waals surface area contributed by atoms with Crippen molar-refractivity contribution in [3.05, 3.63) is 59.7 Å². The van der Waals surface area contributed by atoms with Crippen LogP contribution in [0.25, 0.3) is 0 Å². The summed E-state index contributed by atoms with van der Waals surface area (Å²) in [5.74, 6) is 4.71. The molecule has 0 spiro atoms. The van der Waals surface area contributed by atoms with Crippen molar-refractivity contribution < 1.29 is 9.47 Å². The molecule has 0 radical (unpaired) electrons. The molecule has 1 fully saturated rings. The van der Waals surface area contributed by atoms with Crippen molar-refractivity contribution in [1.29, 1.82) is 0 Å². The quantitative estimate of drug-likeness (QED) is 0.702. The zero-order valence-electron chi connectivity index (χ0n) is 14.2. The van der Waals surface area contributed by atoms with Gasteiger partial charge >= 0.3 is 0 Å². The van der Waals surface area contributed by atoms with E-state index in [1.54, 1.807) is 14.2 Å². The van der Waals surface area contributed by atoms with E-state index in [-0.39, 0.29) is 0 Å². The first-order chi connectivity index (χ1) is 11.8. The molecule has 0 aliphatic carbocycles. The van der Waals surface area contributed by atoms with Crippen LogP contribution in [0.5, 0.6) is 11.5 Å². The predicted molar refractivity (Wildman–Crippen MR) is 106 cm³/mol. The number of hydrogen-bond acceptors (Lipinski definition) is 4. The van der Waals surface area contributed by atoms with Gasteiger partial charge in [-0.1, -0.05) is 36.4 Å². The third-order valence-corrected chi connectivity index (χ3v) is 7.50. The van der Waals surface area contributed by atoms with Crippen LogP contribution in [0.4, 0.5) is 0 Å². The van der Waals surface area contributed by atoms with Crippen LogP contribution in [0.1, 0.15) is 23.5 Å². The number of ether oxygens (including phenoxy) is 2. The molecule has 1 atom stereocenters. The zero-order valence-corrected chi connectivity index (χ0v) is 15.9. The first-order valence-corrected chi connectivity index (χ1v) is 10.4. The highest BCUT2D eigenvalue weighted by Crippen LogP contribution is 2.45. The third-order valence-electron chi connectivity index (χ3n) is 4.32. The number of benzene rings is 2. The molecule has 0 N–H and O–H groups in total. The van der Waals surface area contributed by atoms with E-state index in [2.05, 4.69) is 59.9 Å². The summed E-state index contributed by atoms with van der Waals surface area (Å²) >= 11 is 4.18. The number of hydrogen-bond donors (Lipinski definition) is 0. The van der Waals surface area contributed by atoms with Crippen LogP contribution in [0, 0.1) is 0 Å². The molecule has 0 aromatic heterocycles. The molecule has 2 aromatic rings. The molecule has 0 saturated carbocycles. The van der Waals surface area contributed by atoms with E-state index in [0.29, 0.717) is 10.5 Å². The Morgan fingerprint density at radius 2 is 1.75 bits per heavy atom. The van der Waals surface area contributed by atoms with Gasteiger partial charge in [0.05, 0.1) is 18.8 Å². The monoisotopic (exact) mass is 360 g/mol. The fraction of sp³-hybridized carbons (Fsp3) is 0.400. The SMILES string of the molecule is COc1ccc(C(Cc2ccccc2)C2SCCCS2)c(OC)c1. The van der Waals surface area contributed by atoms with Crippen molar-refractivity contribution in [1.82, 2.24) is 0 Å². The lowest BCUT2D eigenvalue weighted by Crippen LogP contribution is -2.19. The second-order valence-electron chi connectivity index (χ2n) is 5.87. The summed E-state index contributed by atoms with van der Waals surface area (Å²) in [5, 5.41) is 0. The normalized spacial score (nSPS) is 16.6. The fourth-order valence-electron chi connectivity index (χ4n) is 3.08. The van der Waals surface area contributed by atoms with Crippen molar-refractivity contribution >= 4 is 23.5 Å². The number of rotatable bonds is 6. The Hall–Kier alpha value is -1.26. The molecule has 0 amide bonds. The topological polar surface area (TPSA) is 18.5 Å². The van der Waals surface area contributed by atoms with E-state index < -0.39 is 0 Å². The summed E-state index contributed by atoms with van der Waals surface area (Å²) in [7, 11) is 3.45. The van der Waals surface area contributed by atoms with Gasteiger partial charge in [-0.25, -0.2) is 0 Å². The largest absolute Gasteiger partial charge is 0.497 e. The summed E-state index contributed by atoms with van der Waals surface area (Å²) in [6.45, 7) is 0. The summed E-state index contributed by atoms with van der Waals surface area (Å²) < 4.78 is 11.6. The molecule has 1 heterocycles. The summed E-state index contributed by atoms with van der Waals surface area (Å²) in [6.07, 6.45) is 2.35. The molecule has 3 rings (SSSR count). The van der Waals surface area contributed by atoms with Gasteiger partial charge in [0.1, 0.15) is 11.5 Å². The van der Waals surface area contributed by atoms with Gasteiger partial charge in [0.15, 0.2) is 0 Å². The Morgan fingerprint density at radius 1 is 1.00 bits per heavy atom. The van der Waals surface area contributed by atoms with Gasteiger partial charge in [0, 0.05) is 12.0 Å². The van der Waals surface area contributed by atoms with E-state index in [0.717, 1.165) is 17.9 Å². The van der Waals surface area contributed by atoms with E-state index in [1.165, 1.54) is 29.1 Å². The van der Waals surface area contributed by atoms with Crippen molar-refractivity contribution in [2.24, 2.45) is 0 Å². The van der Waals surface area contributed by atoms with Crippen LogP contribution >= 0.6 is 23.5 Å². The van der Waals surface area contributed by atoms with Crippen molar-refractivity contribution in [3.63, 3.8) is 0 Å². The standard InChI is InChI=1S/C20H24O2S2/c1-21-16-9-10-17(19(14-16)22-2)18(20-23-11-6-12-24-20)13-15-7-4-3-5-8-15/h3-5,7-10,14,18,20H,6,11-13H2,1-2H3. The molecule has 2 aromatic carbocycles. The molecule has 1 unspecified atom stereocenters. The Morgan fingerprint density at radius 3 is 2.42 bits per heavy atom. The highest BCUT2D eigenvalue weighted by Gasteiger charge is 2.29. The van der Waals surface area contributed by atoms with Gasteiger partial charge in [-0.3, -0.25) is 0 Å². The van der Waals surface area contributed by atoms with Gasteiger partial charge < -0.3 is 9.47 Å². The minimum Gasteiger partial charge on any atom is -0.497 e. The molecule has 1 saturated heterocycles. The summed E-state index contributed by atoms with van der Waals surface area (Å²) in [5.41, 5.74) is 2.67. The maximum Gasteiger partial charge on any atom is 0.126 e. The number of thioether (sulfide) groups is 2. The third kappa shape index (κ3) is 4.22. The molecule has 1 aliphatic heterocycles. The van der Waals surface area contributed by atoms with E-state index in [9.17, 15) is 0 Å². The van der Waals surface area contributed by atoms with Gasteiger partial charge in [-0.15, -0.1) is 23.5 Å². The predicted octanol–water partition coefficient (Wildman–Crippen LogP) is 5.23. The van der Waals surface area contributed by atoms with E-state index in [4.69, 9.17) is 9.47 Å². The molecule has 1 aliphatic rings. The molecular formula is C20H24O2S2.